The number of anilines is 1. The maximum atomic E-state index is 13.3. The fourth-order valence-electron chi connectivity index (χ4n) is 3.23. The number of aromatic carboxylic acids is 1. The molecule has 148 valence electrons. The highest BCUT2D eigenvalue weighted by atomic mass is 79.9. The molecule has 0 fully saturated rings. The van der Waals surface area contributed by atoms with E-state index in [1.807, 2.05) is 55.5 Å². The highest BCUT2D eigenvalue weighted by molar-refractivity contribution is 9.10. The summed E-state index contributed by atoms with van der Waals surface area (Å²) in [5.74, 6) is -0.686. The Morgan fingerprint density at radius 2 is 1.77 bits per heavy atom. The molecule has 30 heavy (non-hydrogen) atoms. The van der Waals surface area contributed by atoms with E-state index in [4.69, 9.17) is 5.11 Å². The molecule has 5 nitrogen and oxygen atoms in total. The van der Waals surface area contributed by atoms with Gasteiger partial charge in [-0.1, -0.05) is 57.9 Å². The normalized spacial score (nSPS) is 14.9. The number of nitrogens with zero attached hydrogens (tertiary/aromatic N) is 2. The summed E-state index contributed by atoms with van der Waals surface area (Å²) in [6.45, 7) is 1.99. The smallest absolute Gasteiger partial charge is 0.335 e. The molecule has 0 unspecified atom stereocenters. The van der Waals surface area contributed by atoms with Gasteiger partial charge in [0.05, 0.1) is 11.3 Å². The summed E-state index contributed by atoms with van der Waals surface area (Å²) >= 11 is 3.46. The van der Waals surface area contributed by atoms with Crippen LogP contribution >= 0.6 is 15.9 Å². The molecule has 0 radical (unpaired) electrons. The van der Waals surface area contributed by atoms with Crippen LogP contribution in [0, 0.1) is 6.92 Å². The van der Waals surface area contributed by atoms with E-state index in [-0.39, 0.29) is 17.2 Å². The molecule has 0 atom stereocenters. The van der Waals surface area contributed by atoms with Crippen LogP contribution in [0.5, 0.6) is 0 Å². The number of benzene rings is 3. The Labute approximate surface area is 182 Å². The van der Waals surface area contributed by atoms with Crippen molar-refractivity contribution in [3.63, 3.8) is 0 Å². The van der Waals surface area contributed by atoms with Gasteiger partial charge in [-0.25, -0.2) is 9.79 Å². The van der Waals surface area contributed by atoms with Crippen molar-refractivity contribution >= 4 is 45.4 Å². The number of carboxylic acid groups (broad SMARTS) is 1. The van der Waals surface area contributed by atoms with Gasteiger partial charge >= 0.3 is 5.97 Å². The SMILES string of the molecule is Cc1cccc(C2=N/C(=C/c3ccc(C(=O)O)cc3)C(=O)N2c2cccc(Br)c2)c1. The molecule has 0 saturated carbocycles. The molecule has 0 saturated heterocycles. The largest absolute Gasteiger partial charge is 0.478 e. The molecule has 3 aromatic rings. The van der Waals surface area contributed by atoms with E-state index in [1.54, 1.807) is 23.1 Å². The van der Waals surface area contributed by atoms with Crippen molar-refractivity contribution < 1.29 is 14.7 Å². The van der Waals surface area contributed by atoms with Crippen molar-refractivity contribution in [2.45, 2.75) is 6.92 Å². The summed E-state index contributed by atoms with van der Waals surface area (Å²) in [5, 5.41) is 9.07. The number of aliphatic imine (C=N–C) groups is 1. The van der Waals surface area contributed by atoms with Crippen molar-refractivity contribution in [2.24, 2.45) is 4.99 Å². The predicted octanol–water partition coefficient (Wildman–Crippen LogP) is 5.29. The third-order valence-electron chi connectivity index (χ3n) is 4.66. The van der Waals surface area contributed by atoms with Crippen molar-refractivity contribution in [1.82, 2.24) is 0 Å². The first kappa shape index (κ1) is 19.8. The molecule has 6 heteroatoms. The predicted molar refractivity (Wildman–Crippen MR) is 121 cm³/mol. The number of halogens is 1. The molecule has 1 heterocycles. The van der Waals surface area contributed by atoms with Crippen LogP contribution in [-0.2, 0) is 4.79 Å². The number of carbonyl (C=O) groups excluding carboxylic acids is 1. The van der Waals surface area contributed by atoms with Crippen LogP contribution in [-0.4, -0.2) is 22.8 Å². The zero-order valence-electron chi connectivity index (χ0n) is 16.0. The van der Waals surface area contributed by atoms with Crippen molar-refractivity contribution in [1.29, 1.82) is 0 Å². The van der Waals surface area contributed by atoms with Gasteiger partial charge in [0.2, 0.25) is 0 Å². The molecular formula is C24H17BrN2O3. The first-order valence-corrected chi connectivity index (χ1v) is 10.0. The van der Waals surface area contributed by atoms with Gasteiger partial charge in [-0.3, -0.25) is 9.69 Å². The van der Waals surface area contributed by atoms with E-state index in [0.29, 0.717) is 17.1 Å². The Kier molecular flexibility index (Phi) is 5.33. The van der Waals surface area contributed by atoms with E-state index < -0.39 is 5.97 Å². The maximum Gasteiger partial charge on any atom is 0.335 e. The highest BCUT2D eigenvalue weighted by Crippen LogP contribution is 2.29. The second-order valence-electron chi connectivity index (χ2n) is 6.88. The lowest BCUT2D eigenvalue weighted by Crippen LogP contribution is -2.32. The molecule has 1 aliphatic rings. The minimum Gasteiger partial charge on any atom is -0.478 e. The number of carboxylic acids is 1. The van der Waals surface area contributed by atoms with Gasteiger partial charge in [-0.15, -0.1) is 0 Å². The zero-order chi connectivity index (χ0) is 21.3. The molecule has 1 N–H and O–H groups in total. The lowest BCUT2D eigenvalue weighted by atomic mass is 10.1. The van der Waals surface area contributed by atoms with Crippen molar-refractivity contribution in [2.75, 3.05) is 4.90 Å². The minimum absolute atomic E-state index is 0.189. The van der Waals surface area contributed by atoms with E-state index in [0.717, 1.165) is 15.6 Å². The van der Waals surface area contributed by atoms with Crippen LogP contribution in [0.4, 0.5) is 5.69 Å². The van der Waals surface area contributed by atoms with Gasteiger partial charge in [0.15, 0.2) is 0 Å². The highest BCUT2D eigenvalue weighted by Gasteiger charge is 2.32. The number of aryl methyl sites for hydroxylation is 1. The fourth-order valence-corrected chi connectivity index (χ4v) is 3.62. The van der Waals surface area contributed by atoms with Crippen LogP contribution in [0.25, 0.3) is 6.08 Å². The summed E-state index contributed by atoms with van der Waals surface area (Å²) in [4.78, 5) is 30.6. The standard InChI is InChI=1S/C24H17BrN2O3/c1-15-4-2-5-18(12-15)22-26-21(13-16-8-10-17(11-9-16)24(29)30)23(28)27(22)20-7-3-6-19(25)14-20/h2-14H,1H3,(H,29,30)/b21-13+. The second kappa shape index (κ2) is 8.08. The first-order valence-electron chi connectivity index (χ1n) is 9.23. The van der Waals surface area contributed by atoms with Crippen molar-refractivity contribution in [3.8, 4) is 0 Å². The van der Waals surface area contributed by atoms with Crippen LogP contribution < -0.4 is 4.90 Å². The Hall–Kier alpha value is -3.51. The number of rotatable bonds is 4. The van der Waals surface area contributed by atoms with Crippen LogP contribution in [0.3, 0.4) is 0 Å². The van der Waals surface area contributed by atoms with Gasteiger partial charge in [0.1, 0.15) is 11.5 Å². The number of hydrogen-bond acceptors (Lipinski definition) is 3. The summed E-state index contributed by atoms with van der Waals surface area (Å²) in [5.41, 5.74) is 3.79. The first-order chi connectivity index (χ1) is 14.4. The molecule has 1 aliphatic heterocycles. The average Bonchev–Trinajstić information content (AvgIpc) is 3.04. The molecular weight excluding hydrogens is 444 g/mol. The van der Waals surface area contributed by atoms with Crippen LogP contribution in [0.1, 0.15) is 27.0 Å². The summed E-state index contributed by atoms with van der Waals surface area (Å²) < 4.78 is 0.859. The molecule has 1 amide bonds. The average molecular weight is 461 g/mol. The molecule has 0 aromatic heterocycles. The third kappa shape index (κ3) is 3.95. The topological polar surface area (TPSA) is 70.0 Å². The van der Waals surface area contributed by atoms with Gasteiger partial charge in [0, 0.05) is 10.0 Å². The van der Waals surface area contributed by atoms with Gasteiger partial charge < -0.3 is 5.11 Å². The Morgan fingerprint density at radius 1 is 1.03 bits per heavy atom. The number of amides is 1. The van der Waals surface area contributed by atoms with E-state index in [2.05, 4.69) is 20.9 Å². The van der Waals surface area contributed by atoms with Crippen LogP contribution in [0.15, 0.2) is 88.0 Å². The fraction of sp³-hybridized carbons (Fsp3) is 0.0417. The Bertz CT molecular complexity index is 1210. The number of carbonyl (C=O) groups is 2. The molecule has 4 rings (SSSR count). The molecule has 0 bridgehead atoms. The Balaban J connectivity index is 1.80. The van der Waals surface area contributed by atoms with E-state index >= 15 is 0 Å². The van der Waals surface area contributed by atoms with Gasteiger partial charge in [0.25, 0.3) is 5.91 Å². The lowest BCUT2D eigenvalue weighted by Gasteiger charge is -2.19. The minimum atomic E-state index is -0.994. The summed E-state index contributed by atoms with van der Waals surface area (Å²) in [6, 6.07) is 21.7. The van der Waals surface area contributed by atoms with E-state index in [9.17, 15) is 9.59 Å². The van der Waals surface area contributed by atoms with Gasteiger partial charge in [-0.05, 0) is 55.0 Å². The quantitative estimate of drug-likeness (QED) is 0.537. The lowest BCUT2D eigenvalue weighted by molar-refractivity contribution is -0.113. The van der Waals surface area contributed by atoms with Crippen molar-refractivity contribution in [3.05, 3.63) is 105 Å². The number of amidine groups is 1. The zero-order valence-corrected chi connectivity index (χ0v) is 17.6. The number of hydrogen-bond donors (Lipinski definition) is 1. The molecule has 3 aromatic carbocycles. The monoisotopic (exact) mass is 460 g/mol. The Morgan fingerprint density at radius 3 is 2.43 bits per heavy atom. The maximum absolute atomic E-state index is 13.3. The molecule has 0 aliphatic carbocycles. The second-order valence-corrected chi connectivity index (χ2v) is 7.80. The van der Waals surface area contributed by atoms with E-state index in [1.165, 1.54) is 12.1 Å². The summed E-state index contributed by atoms with van der Waals surface area (Å²) in [6.07, 6.45) is 1.67. The van der Waals surface area contributed by atoms with Gasteiger partial charge in [-0.2, -0.15) is 0 Å². The molecule has 0 spiro atoms. The summed E-state index contributed by atoms with van der Waals surface area (Å²) in [7, 11) is 0. The van der Waals surface area contributed by atoms with Crippen LogP contribution in [0.2, 0.25) is 0 Å². The third-order valence-corrected chi connectivity index (χ3v) is 5.16.